The molecule has 4 heteroatoms. The molecule has 0 atom stereocenters. The van der Waals surface area contributed by atoms with Crippen LogP contribution in [0.2, 0.25) is 0 Å². The van der Waals surface area contributed by atoms with E-state index < -0.39 is 10.8 Å². The Morgan fingerprint density at radius 3 is 2.62 bits per heavy atom. The second-order valence-corrected chi connectivity index (χ2v) is 4.63. The molecule has 72 valence electrons. The van der Waals surface area contributed by atoms with Crippen LogP contribution in [0.4, 0.5) is 0 Å². The Morgan fingerprint density at radius 1 is 1.46 bits per heavy atom. The fraction of sp³-hybridized carbons (Fsp3) is 0.667. The molecule has 0 aromatic rings. The van der Waals surface area contributed by atoms with Gasteiger partial charge in [0.1, 0.15) is 0 Å². The monoisotopic (exact) mass is 199 g/mol. The summed E-state index contributed by atoms with van der Waals surface area (Å²) in [7, 11) is -0.717. The molecule has 0 spiro atoms. The van der Waals surface area contributed by atoms with Gasteiger partial charge < -0.3 is 4.90 Å². The Balaban J connectivity index is 2.32. The maximum absolute atomic E-state index is 11.4. The number of terminal acetylenes is 1. The Kier molecular flexibility index (Phi) is 3.97. The van der Waals surface area contributed by atoms with E-state index in [-0.39, 0.29) is 5.91 Å². The van der Waals surface area contributed by atoms with E-state index in [1.54, 1.807) is 4.90 Å². The van der Waals surface area contributed by atoms with E-state index in [1.165, 1.54) is 0 Å². The summed E-state index contributed by atoms with van der Waals surface area (Å²) in [5, 5.41) is 0. The van der Waals surface area contributed by atoms with E-state index >= 15 is 0 Å². The molecule has 3 nitrogen and oxygen atoms in total. The number of amides is 1. The largest absolute Gasteiger partial charge is 0.341 e. The topological polar surface area (TPSA) is 37.4 Å². The minimum absolute atomic E-state index is 0.0923. The number of carbonyl (C=O) groups is 1. The van der Waals surface area contributed by atoms with Gasteiger partial charge in [-0.2, -0.15) is 0 Å². The lowest BCUT2D eigenvalue weighted by Gasteiger charge is -2.26. The molecule has 1 fully saturated rings. The van der Waals surface area contributed by atoms with Crippen LogP contribution < -0.4 is 0 Å². The van der Waals surface area contributed by atoms with Gasteiger partial charge in [0.2, 0.25) is 5.91 Å². The van der Waals surface area contributed by atoms with Crippen molar-refractivity contribution in [2.24, 2.45) is 0 Å². The summed E-state index contributed by atoms with van der Waals surface area (Å²) in [4.78, 5) is 13.1. The Labute approximate surface area is 80.9 Å². The van der Waals surface area contributed by atoms with Crippen molar-refractivity contribution < 1.29 is 9.00 Å². The molecule has 0 unspecified atom stereocenters. The van der Waals surface area contributed by atoms with Crippen molar-refractivity contribution in [3.63, 3.8) is 0 Å². The summed E-state index contributed by atoms with van der Waals surface area (Å²) in [5.41, 5.74) is 0. The van der Waals surface area contributed by atoms with Crippen LogP contribution in [0.25, 0.3) is 0 Å². The van der Waals surface area contributed by atoms with Crippen LogP contribution in [0.15, 0.2) is 0 Å². The zero-order chi connectivity index (χ0) is 9.68. The number of nitrogens with zero attached hydrogens (tertiary/aromatic N) is 1. The molecule has 13 heavy (non-hydrogen) atoms. The van der Waals surface area contributed by atoms with Crippen molar-refractivity contribution in [2.45, 2.75) is 12.8 Å². The van der Waals surface area contributed by atoms with Gasteiger partial charge in [0, 0.05) is 48.2 Å². The van der Waals surface area contributed by atoms with Gasteiger partial charge in [0.25, 0.3) is 0 Å². The van der Waals surface area contributed by atoms with Crippen LogP contribution in [0, 0.1) is 12.3 Å². The van der Waals surface area contributed by atoms with E-state index in [4.69, 9.17) is 6.42 Å². The molecule has 0 saturated carbocycles. The zero-order valence-corrected chi connectivity index (χ0v) is 8.31. The van der Waals surface area contributed by atoms with Gasteiger partial charge >= 0.3 is 0 Å². The van der Waals surface area contributed by atoms with Crippen LogP contribution in [-0.4, -0.2) is 39.6 Å². The quantitative estimate of drug-likeness (QED) is 0.587. The Morgan fingerprint density at radius 2 is 2.08 bits per heavy atom. The maximum Gasteiger partial charge on any atom is 0.223 e. The summed E-state index contributed by atoms with van der Waals surface area (Å²) in [6, 6.07) is 0. The van der Waals surface area contributed by atoms with Gasteiger partial charge in [-0.25, -0.2) is 0 Å². The molecule has 0 aromatic carbocycles. The lowest BCUT2D eigenvalue weighted by atomic mass is 10.3. The zero-order valence-electron chi connectivity index (χ0n) is 7.49. The first-order chi connectivity index (χ1) is 6.24. The molecule has 0 bridgehead atoms. The fourth-order valence-corrected chi connectivity index (χ4v) is 2.28. The molecule has 1 heterocycles. The van der Waals surface area contributed by atoms with Crippen molar-refractivity contribution in [1.29, 1.82) is 0 Å². The third-order valence-corrected chi connectivity index (χ3v) is 3.29. The second kappa shape index (κ2) is 5.03. The van der Waals surface area contributed by atoms with Crippen molar-refractivity contribution in [1.82, 2.24) is 4.90 Å². The molecule has 1 rings (SSSR count). The van der Waals surface area contributed by atoms with Gasteiger partial charge in [-0.3, -0.25) is 9.00 Å². The van der Waals surface area contributed by atoms with Crippen LogP contribution in [-0.2, 0) is 15.6 Å². The number of carbonyl (C=O) groups excluding carboxylic acids is 1. The van der Waals surface area contributed by atoms with E-state index in [0.29, 0.717) is 37.4 Å². The van der Waals surface area contributed by atoms with E-state index in [1.807, 2.05) is 0 Å². The van der Waals surface area contributed by atoms with Gasteiger partial charge in [-0.15, -0.1) is 12.3 Å². The Bertz CT molecular complexity index is 247. The van der Waals surface area contributed by atoms with Crippen molar-refractivity contribution in [2.75, 3.05) is 24.6 Å². The highest BCUT2D eigenvalue weighted by molar-refractivity contribution is 7.85. The Hall–Kier alpha value is -0.820. The van der Waals surface area contributed by atoms with Crippen molar-refractivity contribution in [3.05, 3.63) is 0 Å². The standard InChI is InChI=1S/C9H13NO2S/c1-2-3-4-9(11)10-5-7-13(12)8-6-10/h1H,3-8H2. The van der Waals surface area contributed by atoms with E-state index in [2.05, 4.69) is 5.92 Å². The predicted molar refractivity (Wildman–Crippen MR) is 52.5 cm³/mol. The van der Waals surface area contributed by atoms with Crippen molar-refractivity contribution in [3.8, 4) is 12.3 Å². The molecule has 1 aliphatic rings. The van der Waals surface area contributed by atoms with Crippen LogP contribution in [0.3, 0.4) is 0 Å². The SMILES string of the molecule is C#CCCC(=O)N1CCS(=O)CC1. The molecule has 0 N–H and O–H groups in total. The van der Waals surface area contributed by atoms with Crippen LogP contribution in [0.1, 0.15) is 12.8 Å². The number of rotatable bonds is 2. The summed E-state index contributed by atoms with van der Waals surface area (Å²) in [6.07, 6.45) is 5.98. The average molecular weight is 199 g/mol. The summed E-state index contributed by atoms with van der Waals surface area (Å²) in [6.45, 7) is 1.24. The van der Waals surface area contributed by atoms with E-state index in [0.717, 1.165) is 0 Å². The smallest absolute Gasteiger partial charge is 0.223 e. The first kappa shape index (κ1) is 10.3. The van der Waals surface area contributed by atoms with Crippen LogP contribution >= 0.6 is 0 Å². The van der Waals surface area contributed by atoms with Crippen LogP contribution in [0.5, 0.6) is 0 Å². The summed E-state index contributed by atoms with van der Waals surface area (Å²) in [5.74, 6) is 3.76. The first-order valence-corrected chi connectivity index (χ1v) is 5.79. The number of hydrogen-bond donors (Lipinski definition) is 0. The van der Waals surface area contributed by atoms with Gasteiger partial charge in [0.15, 0.2) is 0 Å². The normalized spacial score (nSPS) is 18.2. The first-order valence-electron chi connectivity index (χ1n) is 4.30. The molecule has 0 radical (unpaired) electrons. The lowest BCUT2D eigenvalue weighted by molar-refractivity contribution is -0.130. The van der Waals surface area contributed by atoms with Gasteiger partial charge in [-0.1, -0.05) is 0 Å². The molecule has 0 aromatic heterocycles. The third kappa shape index (κ3) is 3.19. The average Bonchev–Trinajstić information content (AvgIpc) is 2.15. The highest BCUT2D eigenvalue weighted by Gasteiger charge is 2.18. The second-order valence-electron chi connectivity index (χ2n) is 2.93. The minimum Gasteiger partial charge on any atom is -0.341 e. The summed E-state index contributed by atoms with van der Waals surface area (Å²) >= 11 is 0. The molecule has 1 amide bonds. The fourth-order valence-electron chi connectivity index (χ4n) is 1.22. The third-order valence-electron chi connectivity index (χ3n) is 2.01. The van der Waals surface area contributed by atoms with E-state index in [9.17, 15) is 9.00 Å². The highest BCUT2D eigenvalue weighted by Crippen LogP contribution is 2.03. The lowest BCUT2D eigenvalue weighted by Crippen LogP contribution is -2.41. The highest BCUT2D eigenvalue weighted by atomic mass is 32.2. The van der Waals surface area contributed by atoms with Gasteiger partial charge in [0.05, 0.1) is 0 Å². The molecule has 0 aliphatic carbocycles. The minimum atomic E-state index is -0.717. The predicted octanol–water partition coefficient (Wildman–Crippen LogP) is -0.00930. The maximum atomic E-state index is 11.4. The summed E-state index contributed by atoms with van der Waals surface area (Å²) < 4.78 is 11.0. The van der Waals surface area contributed by atoms with Gasteiger partial charge in [-0.05, 0) is 0 Å². The molecule has 1 saturated heterocycles. The molecule has 1 aliphatic heterocycles. The van der Waals surface area contributed by atoms with Crippen molar-refractivity contribution >= 4 is 16.7 Å². The molecular weight excluding hydrogens is 186 g/mol. The molecular formula is C9H13NO2S. The number of hydrogen-bond acceptors (Lipinski definition) is 2.